The van der Waals surface area contributed by atoms with Crippen LogP contribution in [0, 0.1) is 5.92 Å². The topological polar surface area (TPSA) is 49.0 Å². The fraction of sp³-hybridized carbons (Fsp3) is 0.765. The van der Waals surface area contributed by atoms with Crippen LogP contribution in [0.4, 0.5) is 0 Å². The number of nitrogens with zero attached hydrogens (tertiary/aromatic N) is 2. The Morgan fingerprint density at radius 1 is 1.18 bits per heavy atom. The second-order valence-electron chi connectivity index (χ2n) is 7.31. The molecule has 0 radical (unpaired) electrons. The van der Waals surface area contributed by atoms with Gasteiger partial charge >= 0.3 is 0 Å². The Balaban J connectivity index is 1.81. The number of H-pyrrole nitrogens is 1. The Labute approximate surface area is 141 Å². The van der Waals surface area contributed by atoms with Crippen molar-refractivity contribution in [3.8, 4) is 0 Å². The van der Waals surface area contributed by atoms with Crippen molar-refractivity contribution in [2.24, 2.45) is 5.92 Å². The van der Waals surface area contributed by atoms with Gasteiger partial charge in [0, 0.05) is 12.1 Å². The van der Waals surface area contributed by atoms with Crippen LogP contribution >= 0.6 is 15.9 Å². The number of amides is 1. The third-order valence-electron chi connectivity index (χ3n) is 5.07. The van der Waals surface area contributed by atoms with E-state index >= 15 is 0 Å². The van der Waals surface area contributed by atoms with E-state index in [4.69, 9.17) is 0 Å². The summed E-state index contributed by atoms with van der Waals surface area (Å²) in [6, 6.07) is 0.847. The van der Waals surface area contributed by atoms with Crippen LogP contribution in [0.5, 0.6) is 0 Å². The molecule has 0 atom stereocenters. The monoisotopic (exact) mass is 367 g/mol. The summed E-state index contributed by atoms with van der Waals surface area (Å²) in [5.74, 6) is 1.24. The van der Waals surface area contributed by atoms with E-state index in [0.29, 0.717) is 23.7 Å². The molecule has 0 aromatic carbocycles. The van der Waals surface area contributed by atoms with Crippen LogP contribution in [0.15, 0.2) is 4.47 Å². The Hall–Kier alpha value is -0.840. The van der Waals surface area contributed by atoms with E-state index in [-0.39, 0.29) is 5.91 Å². The molecule has 3 rings (SSSR count). The number of aromatic amines is 1. The standard InChI is InChI=1S/C17H26BrN3O/c1-10(2)15-14(18)16(20-19-15)17(22)21(13-8-9-13)12-6-4-11(3)5-7-12/h10-13H,4-9H2,1-3H3,(H,19,20). The Morgan fingerprint density at radius 3 is 2.18 bits per heavy atom. The van der Waals surface area contributed by atoms with Crippen molar-refractivity contribution in [2.75, 3.05) is 0 Å². The van der Waals surface area contributed by atoms with Crippen LogP contribution in [0.25, 0.3) is 0 Å². The molecule has 0 spiro atoms. The van der Waals surface area contributed by atoms with Gasteiger partial charge in [-0.2, -0.15) is 5.10 Å². The first kappa shape index (κ1) is 16.0. The van der Waals surface area contributed by atoms with E-state index < -0.39 is 0 Å². The van der Waals surface area contributed by atoms with Gasteiger partial charge in [0.25, 0.3) is 5.91 Å². The van der Waals surface area contributed by atoms with Crippen LogP contribution in [0.1, 0.15) is 81.4 Å². The first-order chi connectivity index (χ1) is 10.5. The van der Waals surface area contributed by atoms with E-state index in [1.807, 2.05) is 0 Å². The van der Waals surface area contributed by atoms with E-state index in [0.717, 1.165) is 41.8 Å². The predicted molar refractivity (Wildman–Crippen MR) is 91.0 cm³/mol. The molecule has 0 unspecified atom stereocenters. The van der Waals surface area contributed by atoms with Gasteiger partial charge in [0.2, 0.25) is 0 Å². The average Bonchev–Trinajstić information content (AvgIpc) is 3.22. The van der Waals surface area contributed by atoms with Crippen molar-refractivity contribution in [3.63, 3.8) is 0 Å². The molecular weight excluding hydrogens is 342 g/mol. The lowest BCUT2D eigenvalue weighted by atomic mass is 9.86. The second-order valence-corrected chi connectivity index (χ2v) is 8.10. The van der Waals surface area contributed by atoms with Crippen molar-refractivity contribution in [1.82, 2.24) is 15.1 Å². The molecule has 1 amide bonds. The van der Waals surface area contributed by atoms with E-state index in [1.54, 1.807) is 0 Å². The molecule has 22 heavy (non-hydrogen) atoms. The third kappa shape index (κ3) is 3.10. The van der Waals surface area contributed by atoms with Gasteiger partial charge in [0.1, 0.15) is 0 Å². The van der Waals surface area contributed by atoms with E-state index in [9.17, 15) is 4.79 Å². The largest absolute Gasteiger partial charge is 0.331 e. The van der Waals surface area contributed by atoms with E-state index in [2.05, 4.69) is 51.8 Å². The van der Waals surface area contributed by atoms with Gasteiger partial charge in [-0.3, -0.25) is 9.89 Å². The lowest BCUT2D eigenvalue weighted by Gasteiger charge is -2.36. The predicted octanol–water partition coefficient (Wildman–Crippen LogP) is 4.48. The Kier molecular flexibility index (Phi) is 4.62. The zero-order chi connectivity index (χ0) is 15.9. The number of rotatable bonds is 4. The molecule has 0 bridgehead atoms. The Morgan fingerprint density at radius 2 is 1.73 bits per heavy atom. The molecule has 0 saturated heterocycles. The molecule has 2 saturated carbocycles. The molecule has 0 aliphatic heterocycles. The number of hydrogen-bond acceptors (Lipinski definition) is 2. The molecule has 1 aromatic rings. The maximum atomic E-state index is 13.1. The van der Waals surface area contributed by atoms with Crippen LogP contribution in [0.2, 0.25) is 0 Å². The number of hydrogen-bond donors (Lipinski definition) is 1. The van der Waals surface area contributed by atoms with Crippen molar-refractivity contribution in [3.05, 3.63) is 15.9 Å². The van der Waals surface area contributed by atoms with Crippen molar-refractivity contribution >= 4 is 21.8 Å². The molecule has 1 heterocycles. The van der Waals surface area contributed by atoms with Gasteiger partial charge in [0.05, 0.1) is 10.2 Å². The molecule has 5 heteroatoms. The highest BCUT2D eigenvalue weighted by atomic mass is 79.9. The van der Waals surface area contributed by atoms with Crippen LogP contribution < -0.4 is 0 Å². The summed E-state index contributed by atoms with van der Waals surface area (Å²) in [6.07, 6.45) is 7.05. The first-order valence-corrected chi connectivity index (χ1v) is 9.34. The molecule has 2 aliphatic rings. The second kappa shape index (κ2) is 6.34. The number of nitrogens with one attached hydrogen (secondary N) is 1. The molecule has 122 valence electrons. The number of carbonyl (C=O) groups is 1. The third-order valence-corrected chi connectivity index (χ3v) is 5.87. The normalized spacial score (nSPS) is 25.5. The highest BCUT2D eigenvalue weighted by Gasteiger charge is 2.40. The lowest BCUT2D eigenvalue weighted by Crippen LogP contribution is -2.44. The smallest absolute Gasteiger partial charge is 0.276 e. The SMILES string of the molecule is CC1CCC(N(C(=O)c2n[nH]c(C(C)C)c2Br)C2CC2)CC1. The minimum atomic E-state index is 0.108. The average molecular weight is 368 g/mol. The fourth-order valence-electron chi connectivity index (χ4n) is 3.49. The molecule has 1 N–H and O–H groups in total. The van der Waals surface area contributed by atoms with Gasteiger partial charge in [-0.05, 0) is 66.3 Å². The van der Waals surface area contributed by atoms with Crippen molar-refractivity contribution in [1.29, 1.82) is 0 Å². The zero-order valence-corrected chi connectivity index (χ0v) is 15.3. The summed E-state index contributed by atoms with van der Waals surface area (Å²) < 4.78 is 0.849. The number of aromatic nitrogens is 2. The lowest BCUT2D eigenvalue weighted by molar-refractivity contribution is 0.0586. The van der Waals surface area contributed by atoms with Crippen LogP contribution in [-0.4, -0.2) is 33.1 Å². The van der Waals surface area contributed by atoms with Gasteiger partial charge in [-0.15, -0.1) is 0 Å². The minimum absolute atomic E-state index is 0.108. The van der Waals surface area contributed by atoms with Crippen molar-refractivity contribution in [2.45, 2.75) is 77.3 Å². The maximum absolute atomic E-state index is 13.1. The maximum Gasteiger partial charge on any atom is 0.276 e. The van der Waals surface area contributed by atoms with Gasteiger partial charge in [-0.25, -0.2) is 0 Å². The van der Waals surface area contributed by atoms with Crippen LogP contribution in [0.3, 0.4) is 0 Å². The Bertz CT molecular complexity index is 542. The summed E-state index contributed by atoms with van der Waals surface area (Å²) >= 11 is 3.58. The van der Waals surface area contributed by atoms with E-state index in [1.165, 1.54) is 12.8 Å². The number of carbonyl (C=O) groups excluding carboxylic acids is 1. The minimum Gasteiger partial charge on any atom is -0.331 e. The van der Waals surface area contributed by atoms with Gasteiger partial charge < -0.3 is 4.90 Å². The summed E-state index contributed by atoms with van der Waals surface area (Å²) in [7, 11) is 0. The van der Waals surface area contributed by atoms with Gasteiger partial charge in [0.15, 0.2) is 5.69 Å². The summed E-state index contributed by atoms with van der Waals surface area (Å²) in [5.41, 5.74) is 1.57. The highest BCUT2D eigenvalue weighted by Crippen LogP contribution is 2.37. The van der Waals surface area contributed by atoms with Crippen LogP contribution in [-0.2, 0) is 0 Å². The quantitative estimate of drug-likeness (QED) is 0.852. The fourth-order valence-corrected chi connectivity index (χ4v) is 4.30. The van der Waals surface area contributed by atoms with Crippen molar-refractivity contribution < 1.29 is 4.79 Å². The first-order valence-electron chi connectivity index (χ1n) is 8.55. The molecular formula is C17H26BrN3O. The summed E-state index contributed by atoms with van der Waals surface area (Å²) in [5, 5.41) is 7.35. The summed E-state index contributed by atoms with van der Waals surface area (Å²) in [6.45, 7) is 6.53. The zero-order valence-electron chi connectivity index (χ0n) is 13.7. The summed E-state index contributed by atoms with van der Waals surface area (Å²) in [4.78, 5) is 15.2. The molecule has 2 fully saturated rings. The molecule has 2 aliphatic carbocycles. The van der Waals surface area contributed by atoms with Gasteiger partial charge in [-0.1, -0.05) is 20.8 Å². The molecule has 4 nitrogen and oxygen atoms in total. The molecule has 1 aromatic heterocycles. The number of halogens is 1. The highest BCUT2D eigenvalue weighted by molar-refractivity contribution is 9.10.